The van der Waals surface area contributed by atoms with Gasteiger partial charge in [-0.25, -0.2) is 0 Å². The molecule has 0 radical (unpaired) electrons. The fraction of sp³-hybridized carbons (Fsp3) is 0.455. The zero-order valence-corrected chi connectivity index (χ0v) is 16.2. The van der Waals surface area contributed by atoms with Gasteiger partial charge in [-0.15, -0.1) is 15.0 Å². The highest BCUT2D eigenvalue weighted by Gasteiger charge is 2.15. The molecule has 2 unspecified atom stereocenters. The molecule has 0 amide bonds. The molecule has 1 N–H and O–H groups in total. The van der Waals surface area contributed by atoms with Crippen LogP contribution in [0.4, 0.5) is 0 Å². The predicted octanol–water partition coefficient (Wildman–Crippen LogP) is 4.77. The van der Waals surface area contributed by atoms with E-state index < -0.39 is 0 Å². The van der Waals surface area contributed by atoms with Gasteiger partial charge in [0.1, 0.15) is 22.5 Å². The van der Waals surface area contributed by atoms with Crippen LogP contribution >= 0.6 is 0 Å². The number of benzene rings is 2. The number of aromatic nitrogens is 3. The number of hydrogen-bond donors (Lipinski definition) is 1. The van der Waals surface area contributed by atoms with E-state index in [-0.39, 0.29) is 6.10 Å². The lowest BCUT2D eigenvalue weighted by atomic mass is 9.96. The lowest BCUT2D eigenvalue weighted by molar-refractivity contribution is 0.130. The van der Waals surface area contributed by atoms with E-state index in [1.165, 1.54) is 19.3 Å². The van der Waals surface area contributed by atoms with Crippen LogP contribution in [0.5, 0.6) is 5.75 Å². The molecule has 5 heteroatoms. The standard InChI is InChI=1S/C22H29N3O2/c1-3-4-5-10-18(15-17(2)26)16-27-22-14-9-8-13-21(22)25-23-19-11-6-7-12-20(19)24-25/h6-9,11-14,17-18,26H,3-5,10,15-16H2,1-2H3. The van der Waals surface area contributed by atoms with E-state index in [0.29, 0.717) is 12.5 Å². The molecule has 0 bridgehead atoms. The lowest BCUT2D eigenvalue weighted by Gasteiger charge is -2.20. The summed E-state index contributed by atoms with van der Waals surface area (Å²) in [5, 5.41) is 18.9. The molecule has 1 heterocycles. The number of nitrogens with zero attached hydrogens (tertiary/aromatic N) is 3. The van der Waals surface area contributed by atoms with E-state index in [1.54, 1.807) is 4.80 Å². The summed E-state index contributed by atoms with van der Waals surface area (Å²) in [4.78, 5) is 1.64. The molecule has 3 rings (SSSR count). The van der Waals surface area contributed by atoms with Crippen molar-refractivity contribution in [1.29, 1.82) is 0 Å². The van der Waals surface area contributed by atoms with E-state index in [4.69, 9.17) is 4.74 Å². The number of fused-ring (bicyclic) bond motifs is 1. The van der Waals surface area contributed by atoms with Crippen LogP contribution in [0, 0.1) is 5.92 Å². The smallest absolute Gasteiger partial charge is 0.146 e. The van der Waals surface area contributed by atoms with Crippen molar-refractivity contribution in [3.8, 4) is 11.4 Å². The fourth-order valence-corrected chi connectivity index (χ4v) is 3.35. The van der Waals surface area contributed by atoms with E-state index in [1.807, 2.05) is 55.5 Å². The number of aliphatic hydroxyl groups is 1. The topological polar surface area (TPSA) is 60.2 Å². The monoisotopic (exact) mass is 367 g/mol. The van der Waals surface area contributed by atoms with Gasteiger partial charge in [0.2, 0.25) is 0 Å². The Morgan fingerprint density at radius 3 is 2.33 bits per heavy atom. The van der Waals surface area contributed by atoms with Crippen LogP contribution in [0.3, 0.4) is 0 Å². The summed E-state index contributed by atoms with van der Waals surface area (Å²) in [5.74, 6) is 1.11. The number of unbranched alkanes of at least 4 members (excludes halogenated alkanes) is 2. The van der Waals surface area contributed by atoms with Gasteiger partial charge in [0, 0.05) is 0 Å². The highest BCUT2D eigenvalue weighted by Crippen LogP contribution is 2.25. The van der Waals surface area contributed by atoms with Crippen molar-refractivity contribution in [2.75, 3.05) is 6.61 Å². The Morgan fingerprint density at radius 1 is 1.00 bits per heavy atom. The Hall–Kier alpha value is -2.40. The van der Waals surface area contributed by atoms with Crippen LogP contribution in [0.2, 0.25) is 0 Å². The summed E-state index contributed by atoms with van der Waals surface area (Å²) < 4.78 is 6.17. The van der Waals surface area contributed by atoms with Gasteiger partial charge in [0.25, 0.3) is 0 Å². The van der Waals surface area contributed by atoms with Gasteiger partial charge in [-0.2, -0.15) is 0 Å². The molecule has 0 aliphatic carbocycles. The normalized spacial score (nSPS) is 13.6. The Balaban J connectivity index is 1.74. The van der Waals surface area contributed by atoms with Gasteiger partial charge in [0.05, 0.1) is 12.7 Å². The molecule has 5 nitrogen and oxygen atoms in total. The van der Waals surface area contributed by atoms with Crippen LogP contribution < -0.4 is 4.74 Å². The quantitative estimate of drug-likeness (QED) is 0.525. The molecule has 144 valence electrons. The zero-order valence-electron chi connectivity index (χ0n) is 16.2. The minimum absolute atomic E-state index is 0.312. The summed E-state index contributed by atoms with van der Waals surface area (Å²) in [6.45, 7) is 4.64. The second kappa shape index (κ2) is 9.51. The number of para-hydroxylation sites is 2. The van der Waals surface area contributed by atoms with Crippen molar-refractivity contribution in [3.63, 3.8) is 0 Å². The molecule has 0 spiro atoms. The average molecular weight is 367 g/mol. The van der Waals surface area contributed by atoms with Crippen LogP contribution in [0.15, 0.2) is 48.5 Å². The Kier molecular flexibility index (Phi) is 6.82. The molecule has 27 heavy (non-hydrogen) atoms. The summed E-state index contributed by atoms with van der Waals surface area (Å²) in [6, 6.07) is 15.7. The second-order valence-corrected chi connectivity index (χ2v) is 7.20. The van der Waals surface area contributed by atoms with Crippen LogP contribution in [-0.4, -0.2) is 32.8 Å². The molecule has 1 aromatic heterocycles. The van der Waals surface area contributed by atoms with Crippen LogP contribution in [0.25, 0.3) is 16.7 Å². The van der Waals surface area contributed by atoms with Crippen molar-refractivity contribution in [2.24, 2.45) is 5.92 Å². The third-order valence-corrected chi connectivity index (χ3v) is 4.73. The molecule has 0 aliphatic rings. The molecule has 0 aliphatic heterocycles. The molecule has 0 saturated heterocycles. The van der Waals surface area contributed by atoms with E-state index >= 15 is 0 Å². The summed E-state index contributed by atoms with van der Waals surface area (Å²) >= 11 is 0. The third-order valence-electron chi connectivity index (χ3n) is 4.73. The first-order valence-electron chi connectivity index (χ1n) is 9.89. The minimum atomic E-state index is -0.312. The molecular formula is C22H29N3O2. The average Bonchev–Trinajstić information content (AvgIpc) is 3.10. The van der Waals surface area contributed by atoms with E-state index in [9.17, 15) is 5.11 Å². The van der Waals surface area contributed by atoms with Gasteiger partial charge >= 0.3 is 0 Å². The van der Waals surface area contributed by atoms with E-state index in [2.05, 4.69) is 17.1 Å². The Labute approximate surface area is 161 Å². The maximum Gasteiger partial charge on any atom is 0.146 e. The third kappa shape index (κ3) is 5.30. The van der Waals surface area contributed by atoms with Crippen molar-refractivity contribution in [1.82, 2.24) is 15.0 Å². The Bertz CT molecular complexity index is 811. The van der Waals surface area contributed by atoms with E-state index in [0.717, 1.165) is 35.3 Å². The van der Waals surface area contributed by atoms with Gasteiger partial charge < -0.3 is 9.84 Å². The maximum absolute atomic E-state index is 9.81. The molecular weight excluding hydrogens is 338 g/mol. The fourth-order valence-electron chi connectivity index (χ4n) is 3.35. The van der Waals surface area contributed by atoms with Crippen LogP contribution in [-0.2, 0) is 0 Å². The molecule has 0 fully saturated rings. The minimum Gasteiger partial charge on any atom is -0.491 e. The van der Waals surface area contributed by atoms with Crippen LogP contribution in [0.1, 0.15) is 46.0 Å². The van der Waals surface area contributed by atoms with Crippen molar-refractivity contribution < 1.29 is 9.84 Å². The van der Waals surface area contributed by atoms with Gasteiger partial charge in [-0.05, 0) is 49.9 Å². The number of ether oxygens (including phenoxy) is 1. The summed E-state index contributed by atoms with van der Waals surface area (Å²) in [5.41, 5.74) is 2.55. The van der Waals surface area contributed by atoms with Crippen molar-refractivity contribution >= 4 is 11.0 Å². The molecule has 2 atom stereocenters. The second-order valence-electron chi connectivity index (χ2n) is 7.20. The van der Waals surface area contributed by atoms with Crippen molar-refractivity contribution in [3.05, 3.63) is 48.5 Å². The predicted molar refractivity (Wildman–Crippen MR) is 108 cm³/mol. The van der Waals surface area contributed by atoms with Gasteiger partial charge in [-0.1, -0.05) is 50.5 Å². The maximum atomic E-state index is 9.81. The number of aliphatic hydroxyl groups excluding tert-OH is 1. The molecule has 2 aromatic carbocycles. The number of hydrogen-bond acceptors (Lipinski definition) is 4. The Morgan fingerprint density at radius 2 is 1.67 bits per heavy atom. The zero-order chi connectivity index (χ0) is 19.1. The summed E-state index contributed by atoms with van der Waals surface area (Å²) in [7, 11) is 0. The highest BCUT2D eigenvalue weighted by molar-refractivity contribution is 5.73. The lowest BCUT2D eigenvalue weighted by Crippen LogP contribution is -2.18. The highest BCUT2D eigenvalue weighted by atomic mass is 16.5. The van der Waals surface area contributed by atoms with Crippen molar-refractivity contribution in [2.45, 2.75) is 52.1 Å². The largest absolute Gasteiger partial charge is 0.491 e. The first-order chi connectivity index (χ1) is 13.2. The first kappa shape index (κ1) is 19.4. The first-order valence-corrected chi connectivity index (χ1v) is 9.89. The SMILES string of the molecule is CCCCCC(COc1ccccc1-n1nc2ccccc2n1)CC(C)O. The van der Waals surface area contributed by atoms with Gasteiger partial charge in [-0.3, -0.25) is 0 Å². The molecule has 3 aromatic rings. The summed E-state index contributed by atoms with van der Waals surface area (Å²) in [6.07, 6.45) is 5.11. The van der Waals surface area contributed by atoms with Gasteiger partial charge in [0.15, 0.2) is 0 Å². The number of rotatable bonds is 10. The molecule has 0 saturated carbocycles.